The zero-order valence-electron chi connectivity index (χ0n) is 13.5. The van der Waals surface area contributed by atoms with Gasteiger partial charge in [-0.05, 0) is 41.8 Å². The van der Waals surface area contributed by atoms with Crippen LogP contribution in [0.4, 0.5) is 11.6 Å². The zero-order chi connectivity index (χ0) is 16.4. The molecule has 0 amide bonds. The molecule has 4 heterocycles. The molecule has 0 atom stereocenters. The van der Waals surface area contributed by atoms with Gasteiger partial charge in [-0.15, -0.1) is 14.8 Å². The predicted octanol–water partition coefficient (Wildman–Crippen LogP) is 0.953. The van der Waals surface area contributed by atoms with E-state index in [9.17, 15) is 0 Å². The van der Waals surface area contributed by atoms with Crippen LogP contribution >= 0.6 is 0 Å². The van der Waals surface area contributed by atoms with E-state index in [1.165, 1.54) is 4.63 Å². The molecule has 9 nitrogen and oxygen atoms in total. The highest BCUT2D eigenvalue weighted by atomic mass is 15.6. The van der Waals surface area contributed by atoms with Crippen molar-refractivity contribution in [3.05, 3.63) is 30.2 Å². The fourth-order valence-electron chi connectivity index (χ4n) is 2.94. The Bertz CT molecular complexity index is 822. The van der Waals surface area contributed by atoms with E-state index >= 15 is 0 Å². The number of rotatable bonds is 4. The monoisotopic (exact) mass is 325 g/mol. The highest BCUT2D eigenvalue weighted by molar-refractivity contribution is 5.44. The summed E-state index contributed by atoms with van der Waals surface area (Å²) in [6, 6.07) is 6.24. The molecule has 1 saturated heterocycles. The number of aryl methyl sites for hydroxylation is 1. The molecule has 3 aromatic rings. The SMILES string of the molecule is CCc1cc(N2CCC(Nc3ccc4nnnn4n3)CC2)ncn1. The molecule has 0 saturated carbocycles. The van der Waals surface area contributed by atoms with Gasteiger partial charge >= 0.3 is 0 Å². The Morgan fingerprint density at radius 3 is 2.92 bits per heavy atom. The summed E-state index contributed by atoms with van der Waals surface area (Å²) in [5.41, 5.74) is 1.73. The molecule has 3 aromatic heterocycles. The fraction of sp³-hybridized carbons (Fsp3) is 0.467. The molecule has 24 heavy (non-hydrogen) atoms. The molecule has 1 aliphatic rings. The molecule has 0 aliphatic carbocycles. The van der Waals surface area contributed by atoms with Crippen molar-refractivity contribution in [3.63, 3.8) is 0 Å². The van der Waals surface area contributed by atoms with Crippen molar-refractivity contribution in [2.75, 3.05) is 23.3 Å². The molecule has 1 aliphatic heterocycles. The van der Waals surface area contributed by atoms with Crippen LogP contribution in [0.25, 0.3) is 5.65 Å². The molecule has 0 radical (unpaired) electrons. The van der Waals surface area contributed by atoms with Crippen LogP contribution in [-0.4, -0.2) is 54.4 Å². The Balaban J connectivity index is 1.38. The lowest BCUT2D eigenvalue weighted by atomic mass is 10.0. The van der Waals surface area contributed by atoms with Gasteiger partial charge in [0, 0.05) is 30.9 Å². The minimum Gasteiger partial charge on any atom is -0.366 e. The standard InChI is InChI=1S/C15H19N9/c1-2-11-9-15(17-10-16-11)23-7-5-12(6-8-23)18-13-3-4-14-19-21-22-24(14)20-13/h3-4,9-10,12H,2,5-8H2,1H3,(H,18,20). The van der Waals surface area contributed by atoms with Crippen LogP contribution in [0.1, 0.15) is 25.5 Å². The van der Waals surface area contributed by atoms with E-state index in [1.54, 1.807) is 6.33 Å². The van der Waals surface area contributed by atoms with Gasteiger partial charge in [-0.2, -0.15) is 0 Å². The van der Waals surface area contributed by atoms with Crippen molar-refractivity contribution in [1.82, 2.24) is 35.2 Å². The molecule has 124 valence electrons. The van der Waals surface area contributed by atoms with E-state index in [2.05, 4.69) is 53.8 Å². The first-order valence-electron chi connectivity index (χ1n) is 8.19. The van der Waals surface area contributed by atoms with Gasteiger partial charge in [-0.3, -0.25) is 0 Å². The molecule has 9 heteroatoms. The number of aromatic nitrogens is 7. The summed E-state index contributed by atoms with van der Waals surface area (Å²) >= 11 is 0. The number of nitrogens with one attached hydrogen (secondary N) is 1. The van der Waals surface area contributed by atoms with Crippen molar-refractivity contribution < 1.29 is 0 Å². The summed E-state index contributed by atoms with van der Waals surface area (Å²) in [7, 11) is 0. The van der Waals surface area contributed by atoms with Gasteiger partial charge in [0.2, 0.25) is 0 Å². The Labute approximate surface area is 139 Å². The van der Waals surface area contributed by atoms with E-state index < -0.39 is 0 Å². The molecule has 0 aromatic carbocycles. The maximum atomic E-state index is 4.40. The number of piperidine rings is 1. The first kappa shape index (κ1) is 14.7. The number of hydrogen-bond donors (Lipinski definition) is 1. The maximum absolute atomic E-state index is 4.40. The zero-order valence-corrected chi connectivity index (χ0v) is 13.5. The van der Waals surface area contributed by atoms with Gasteiger partial charge in [0.15, 0.2) is 5.65 Å². The lowest BCUT2D eigenvalue weighted by molar-refractivity contribution is 0.520. The summed E-state index contributed by atoms with van der Waals surface area (Å²) < 4.78 is 1.44. The number of nitrogens with zero attached hydrogens (tertiary/aromatic N) is 8. The van der Waals surface area contributed by atoms with Crippen molar-refractivity contribution >= 4 is 17.3 Å². The summed E-state index contributed by atoms with van der Waals surface area (Å²) in [6.45, 7) is 4.03. The fourth-order valence-corrected chi connectivity index (χ4v) is 2.94. The minimum absolute atomic E-state index is 0.384. The van der Waals surface area contributed by atoms with Crippen LogP contribution in [0.2, 0.25) is 0 Å². The Hall–Kier alpha value is -2.84. The Morgan fingerprint density at radius 2 is 2.08 bits per heavy atom. The van der Waals surface area contributed by atoms with Gasteiger partial charge < -0.3 is 10.2 Å². The predicted molar refractivity (Wildman–Crippen MR) is 88.8 cm³/mol. The third kappa shape index (κ3) is 2.97. The summed E-state index contributed by atoms with van der Waals surface area (Å²) in [4.78, 5) is 11.0. The van der Waals surface area contributed by atoms with Crippen LogP contribution in [0, 0.1) is 0 Å². The first-order chi connectivity index (χ1) is 11.8. The van der Waals surface area contributed by atoms with E-state index in [0.29, 0.717) is 11.7 Å². The van der Waals surface area contributed by atoms with Crippen LogP contribution in [-0.2, 0) is 6.42 Å². The smallest absolute Gasteiger partial charge is 0.200 e. The summed E-state index contributed by atoms with van der Waals surface area (Å²) in [5.74, 6) is 1.82. The quantitative estimate of drug-likeness (QED) is 0.757. The summed E-state index contributed by atoms with van der Waals surface area (Å²) in [5, 5.41) is 19.1. The third-order valence-electron chi connectivity index (χ3n) is 4.31. The van der Waals surface area contributed by atoms with E-state index in [-0.39, 0.29) is 0 Å². The van der Waals surface area contributed by atoms with Crippen molar-refractivity contribution in [1.29, 1.82) is 0 Å². The highest BCUT2D eigenvalue weighted by Crippen LogP contribution is 2.20. The van der Waals surface area contributed by atoms with Gasteiger partial charge in [-0.1, -0.05) is 6.92 Å². The second-order valence-electron chi connectivity index (χ2n) is 5.87. The van der Waals surface area contributed by atoms with Crippen molar-refractivity contribution in [3.8, 4) is 0 Å². The van der Waals surface area contributed by atoms with Crippen LogP contribution in [0.5, 0.6) is 0 Å². The van der Waals surface area contributed by atoms with Crippen LogP contribution < -0.4 is 10.2 Å². The van der Waals surface area contributed by atoms with E-state index in [4.69, 9.17) is 0 Å². The lowest BCUT2D eigenvalue weighted by Gasteiger charge is -2.33. The maximum Gasteiger partial charge on any atom is 0.200 e. The summed E-state index contributed by atoms with van der Waals surface area (Å²) in [6.07, 6.45) is 4.64. The van der Waals surface area contributed by atoms with Gasteiger partial charge in [-0.25, -0.2) is 9.97 Å². The molecule has 0 spiro atoms. The molecule has 1 N–H and O–H groups in total. The number of hydrogen-bond acceptors (Lipinski definition) is 8. The number of fused-ring (bicyclic) bond motifs is 1. The second-order valence-corrected chi connectivity index (χ2v) is 5.87. The topological polar surface area (TPSA) is 97.0 Å². The van der Waals surface area contributed by atoms with Crippen molar-refractivity contribution in [2.24, 2.45) is 0 Å². The molecular weight excluding hydrogens is 306 g/mol. The van der Waals surface area contributed by atoms with Gasteiger partial charge in [0.25, 0.3) is 0 Å². The van der Waals surface area contributed by atoms with Crippen molar-refractivity contribution in [2.45, 2.75) is 32.2 Å². The van der Waals surface area contributed by atoms with E-state index in [0.717, 1.165) is 49.7 Å². The first-order valence-corrected chi connectivity index (χ1v) is 8.19. The van der Waals surface area contributed by atoms with E-state index in [1.807, 2.05) is 12.1 Å². The van der Waals surface area contributed by atoms with Crippen LogP contribution in [0.3, 0.4) is 0 Å². The average molecular weight is 325 g/mol. The minimum atomic E-state index is 0.384. The second kappa shape index (κ2) is 6.34. The molecule has 4 rings (SSSR count). The number of tetrazole rings is 1. The highest BCUT2D eigenvalue weighted by Gasteiger charge is 2.20. The normalized spacial score (nSPS) is 15.8. The van der Waals surface area contributed by atoms with Gasteiger partial charge in [0.1, 0.15) is 18.0 Å². The molecule has 0 unspecified atom stereocenters. The number of anilines is 2. The van der Waals surface area contributed by atoms with Gasteiger partial charge in [0.05, 0.1) is 0 Å². The average Bonchev–Trinajstić information content (AvgIpc) is 3.10. The Morgan fingerprint density at radius 1 is 1.21 bits per heavy atom. The Kier molecular flexibility index (Phi) is 3.89. The van der Waals surface area contributed by atoms with Crippen LogP contribution in [0.15, 0.2) is 24.5 Å². The lowest BCUT2D eigenvalue weighted by Crippen LogP contribution is -2.39. The third-order valence-corrected chi connectivity index (χ3v) is 4.31. The molecular formula is C15H19N9. The molecule has 1 fully saturated rings. The largest absolute Gasteiger partial charge is 0.366 e. The molecule has 0 bridgehead atoms.